The highest BCUT2D eigenvalue weighted by molar-refractivity contribution is 6.32. The third-order valence-electron chi connectivity index (χ3n) is 4.85. The lowest BCUT2D eigenvalue weighted by Gasteiger charge is -2.11. The molecule has 0 saturated heterocycles. The molecule has 2 aromatic carbocycles. The van der Waals surface area contributed by atoms with Crippen LogP contribution in [0.1, 0.15) is 32.0 Å². The van der Waals surface area contributed by atoms with E-state index in [1.807, 2.05) is 42.5 Å². The maximum absolute atomic E-state index is 11.6. The number of ether oxygens (including phenoxy) is 1. The number of amides is 1. The first-order chi connectivity index (χ1) is 14.6. The van der Waals surface area contributed by atoms with Gasteiger partial charge in [0.2, 0.25) is 5.91 Å². The van der Waals surface area contributed by atoms with Crippen LogP contribution in [-0.4, -0.2) is 28.6 Å². The maximum atomic E-state index is 11.6. The number of halogens is 1. The minimum absolute atomic E-state index is 0.0953. The number of aryl methyl sites for hydroxylation is 2. The van der Waals surface area contributed by atoms with Crippen molar-refractivity contribution in [3.05, 3.63) is 71.5 Å². The van der Waals surface area contributed by atoms with Crippen molar-refractivity contribution < 1.29 is 9.53 Å². The number of carbonyl (C=O) groups is 1. The highest BCUT2D eigenvalue weighted by Crippen LogP contribution is 2.23. The fraction of sp³-hybridized carbons (Fsp3) is 0.333. The number of unbranched alkanes of at least 4 members (excludes halogenated alkanes) is 1. The summed E-state index contributed by atoms with van der Waals surface area (Å²) >= 11 is 6.13. The highest BCUT2D eigenvalue weighted by Gasteiger charge is 2.10. The summed E-state index contributed by atoms with van der Waals surface area (Å²) in [6, 6.07) is 15.7. The van der Waals surface area contributed by atoms with Gasteiger partial charge in [-0.05, 0) is 50.5 Å². The standard InChI is InChI=1S/C24H28ClN3O2/c1-18(2)24(29)26-15-9-14-23-27-20-11-4-5-12-21(20)28(23)16-7-8-17-30-22-13-6-3-10-19(22)25/h3-6,10-13H,1,7-9,14-17H2,2H3,(H,26,29). The van der Waals surface area contributed by atoms with Gasteiger partial charge in [0.25, 0.3) is 0 Å². The van der Waals surface area contributed by atoms with Gasteiger partial charge in [0.15, 0.2) is 0 Å². The number of hydrogen-bond acceptors (Lipinski definition) is 3. The molecule has 0 aliphatic carbocycles. The molecular formula is C24H28ClN3O2. The molecule has 30 heavy (non-hydrogen) atoms. The van der Waals surface area contributed by atoms with E-state index in [0.717, 1.165) is 54.8 Å². The van der Waals surface area contributed by atoms with Crippen molar-refractivity contribution in [3.8, 4) is 5.75 Å². The normalized spacial score (nSPS) is 10.9. The summed E-state index contributed by atoms with van der Waals surface area (Å²) in [6.07, 6.45) is 3.54. The van der Waals surface area contributed by atoms with Gasteiger partial charge in [-0.15, -0.1) is 0 Å². The van der Waals surface area contributed by atoms with Crippen molar-refractivity contribution in [2.75, 3.05) is 13.2 Å². The molecule has 3 rings (SSSR count). The summed E-state index contributed by atoms with van der Waals surface area (Å²) in [5, 5.41) is 3.52. The molecule has 0 aliphatic rings. The Labute approximate surface area is 182 Å². The topological polar surface area (TPSA) is 56.2 Å². The molecule has 0 bridgehead atoms. The van der Waals surface area contributed by atoms with Crippen molar-refractivity contribution in [1.29, 1.82) is 0 Å². The van der Waals surface area contributed by atoms with Crippen LogP contribution in [-0.2, 0) is 17.8 Å². The Hall–Kier alpha value is -2.79. The number of imidazole rings is 1. The van der Waals surface area contributed by atoms with Crippen molar-refractivity contribution in [3.63, 3.8) is 0 Å². The van der Waals surface area contributed by atoms with Gasteiger partial charge in [0.1, 0.15) is 11.6 Å². The zero-order chi connectivity index (χ0) is 21.3. The number of rotatable bonds is 11. The molecular weight excluding hydrogens is 398 g/mol. The fourth-order valence-corrected chi connectivity index (χ4v) is 3.47. The Balaban J connectivity index is 1.54. The number of fused-ring (bicyclic) bond motifs is 1. The van der Waals surface area contributed by atoms with Crippen LogP contribution >= 0.6 is 11.6 Å². The minimum atomic E-state index is -0.0953. The Morgan fingerprint density at radius 3 is 2.70 bits per heavy atom. The second kappa shape index (κ2) is 10.8. The first-order valence-electron chi connectivity index (χ1n) is 10.3. The number of nitrogens with one attached hydrogen (secondary N) is 1. The molecule has 3 aromatic rings. The molecule has 0 saturated carbocycles. The Kier molecular flexibility index (Phi) is 7.91. The van der Waals surface area contributed by atoms with Gasteiger partial charge in [-0.3, -0.25) is 4.79 Å². The number of benzene rings is 2. The van der Waals surface area contributed by atoms with E-state index >= 15 is 0 Å². The van der Waals surface area contributed by atoms with Crippen LogP contribution < -0.4 is 10.1 Å². The fourth-order valence-electron chi connectivity index (χ4n) is 3.28. The van der Waals surface area contributed by atoms with Crippen LogP contribution in [0.4, 0.5) is 0 Å². The van der Waals surface area contributed by atoms with E-state index in [0.29, 0.717) is 23.7 Å². The second-order valence-corrected chi connectivity index (χ2v) is 7.70. The third-order valence-corrected chi connectivity index (χ3v) is 5.17. The molecule has 0 spiro atoms. The quantitative estimate of drug-likeness (QED) is 0.340. The van der Waals surface area contributed by atoms with Gasteiger partial charge in [-0.1, -0.05) is 42.4 Å². The van der Waals surface area contributed by atoms with Gasteiger partial charge < -0.3 is 14.6 Å². The van der Waals surface area contributed by atoms with Crippen LogP contribution in [0.5, 0.6) is 5.75 Å². The third kappa shape index (κ3) is 5.86. The van der Waals surface area contributed by atoms with Crippen LogP contribution in [0, 0.1) is 0 Å². The number of carbonyl (C=O) groups excluding carboxylic acids is 1. The molecule has 0 atom stereocenters. The lowest BCUT2D eigenvalue weighted by atomic mass is 10.2. The summed E-state index contributed by atoms with van der Waals surface area (Å²) in [7, 11) is 0. The maximum Gasteiger partial charge on any atom is 0.246 e. The predicted molar refractivity (Wildman–Crippen MR) is 122 cm³/mol. The molecule has 158 valence electrons. The number of aromatic nitrogens is 2. The molecule has 0 unspecified atom stereocenters. The molecule has 0 radical (unpaired) electrons. The van der Waals surface area contributed by atoms with Crippen molar-refractivity contribution in [2.45, 2.75) is 39.2 Å². The number of nitrogens with zero attached hydrogens (tertiary/aromatic N) is 2. The van der Waals surface area contributed by atoms with Crippen molar-refractivity contribution in [2.24, 2.45) is 0 Å². The Bertz CT molecular complexity index is 1010. The second-order valence-electron chi connectivity index (χ2n) is 7.29. The summed E-state index contributed by atoms with van der Waals surface area (Å²) < 4.78 is 8.07. The van der Waals surface area contributed by atoms with E-state index in [1.54, 1.807) is 6.92 Å². The summed E-state index contributed by atoms with van der Waals surface area (Å²) in [6.45, 7) is 7.48. The minimum Gasteiger partial charge on any atom is -0.492 e. The van der Waals surface area contributed by atoms with Crippen LogP contribution in [0.25, 0.3) is 11.0 Å². The van der Waals surface area contributed by atoms with E-state index in [1.165, 1.54) is 0 Å². The van der Waals surface area contributed by atoms with E-state index in [4.69, 9.17) is 21.3 Å². The number of hydrogen-bond donors (Lipinski definition) is 1. The van der Waals surface area contributed by atoms with E-state index in [-0.39, 0.29) is 5.91 Å². The Morgan fingerprint density at radius 1 is 1.13 bits per heavy atom. The van der Waals surface area contributed by atoms with Gasteiger partial charge in [0.05, 0.1) is 22.7 Å². The van der Waals surface area contributed by atoms with E-state index < -0.39 is 0 Å². The number of para-hydroxylation sites is 3. The SMILES string of the molecule is C=C(C)C(=O)NCCCc1nc2ccccc2n1CCCCOc1ccccc1Cl. The summed E-state index contributed by atoms with van der Waals surface area (Å²) in [5.41, 5.74) is 2.68. The smallest absolute Gasteiger partial charge is 0.246 e. The summed E-state index contributed by atoms with van der Waals surface area (Å²) in [5.74, 6) is 1.68. The van der Waals surface area contributed by atoms with Crippen molar-refractivity contribution >= 4 is 28.5 Å². The molecule has 1 heterocycles. The van der Waals surface area contributed by atoms with E-state index in [9.17, 15) is 4.79 Å². The monoisotopic (exact) mass is 425 g/mol. The largest absolute Gasteiger partial charge is 0.492 e. The average Bonchev–Trinajstić information content (AvgIpc) is 3.09. The van der Waals surface area contributed by atoms with Gasteiger partial charge in [-0.2, -0.15) is 0 Å². The highest BCUT2D eigenvalue weighted by atomic mass is 35.5. The molecule has 5 nitrogen and oxygen atoms in total. The van der Waals surface area contributed by atoms with E-state index in [2.05, 4.69) is 22.5 Å². The molecule has 1 aromatic heterocycles. The lowest BCUT2D eigenvalue weighted by molar-refractivity contribution is -0.117. The average molecular weight is 426 g/mol. The van der Waals surface area contributed by atoms with Crippen LogP contribution in [0.15, 0.2) is 60.7 Å². The first kappa shape index (κ1) is 21.9. The zero-order valence-corrected chi connectivity index (χ0v) is 18.1. The molecule has 1 amide bonds. The van der Waals surface area contributed by atoms with Crippen LogP contribution in [0.2, 0.25) is 5.02 Å². The molecule has 0 fully saturated rings. The molecule has 1 N–H and O–H groups in total. The zero-order valence-electron chi connectivity index (χ0n) is 17.4. The Morgan fingerprint density at radius 2 is 1.90 bits per heavy atom. The van der Waals surface area contributed by atoms with Gasteiger partial charge >= 0.3 is 0 Å². The van der Waals surface area contributed by atoms with Gasteiger partial charge in [0, 0.05) is 25.1 Å². The molecule has 0 aliphatic heterocycles. The first-order valence-corrected chi connectivity index (χ1v) is 10.7. The molecule has 6 heteroatoms. The van der Waals surface area contributed by atoms with Crippen LogP contribution in [0.3, 0.4) is 0 Å². The lowest BCUT2D eigenvalue weighted by Crippen LogP contribution is -2.25. The predicted octanol–water partition coefficient (Wildman–Crippen LogP) is 5.17. The summed E-state index contributed by atoms with van der Waals surface area (Å²) in [4.78, 5) is 16.4. The van der Waals surface area contributed by atoms with Crippen molar-refractivity contribution in [1.82, 2.24) is 14.9 Å². The van der Waals surface area contributed by atoms with Gasteiger partial charge in [-0.25, -0.2) is 4.98 Å².